The highest BCUT2D eigenvalue weighted by Crippen LogP contribution is 2.35. The van der Waals surface area contributed by atoms with E-state index in [1.165, 1.54) is 23.1 Å². The molecule has 6 rings (SSSR count). The van der Waals surface area contributed by atoms with E-state index in [-0.39, 0.29) is 42.3 Å². The molecule has 40 heavy (non-hydrogen) atoms. The number of benzene rings is 3. The van der Waals surface area contributed by atoms with E-state index in [0.29, 0.717) is 28.6 Å². The third-order valence-electron chi connectivity index (χ3n) is 6.33. The number of thioether (sulfide) groups is 1. The van der Waals surface area contributed by atoms with Crippen molar-refractivity contribution in [1.82, 2.24) is 10.2 Å². The van der Waals surface area contributed by atoms with Crippen LogP contribution >= 0.6 is 11.8 Å². The number of carbonyl (C=O) groups excluding carboxylic acids is 3. The zero-order valence-corrected chi connectivity index (χ0v) is 21.7. The number of hydrogen-bond acceptors (Lipinski definition) is 8. The third-order valence-corrected chi connectivity index (χ3v) is 7.27. The Hall–Kier alpha value is -4.71. The summed E-state index contributed by atoms with van der Waals surface area (Å²) in [4.78, 5) is 49.3. The molecule has 0 spiro atoms. The lowest BCUT2D eigenvalue weighted by Crippen LogP contribution is -2.42. The highest BCUT2D eigenvalue weighted by molar-refractivity contribution is 8.14. The van der Waals surface area contributed by atoms with E-state index in [0.717, 1.165) is 17.3 Å². The fourth-order valence-corrected chi connectivity index (χ4v) is 5.21. The summed E-state index contributed by atoms with van der Waals surface area (Å²) in [5.74, 6) is -0.234. The minimum atomic E-state index is -0.948. The van der Waals surface area contributed by atoms with Gasteiger partial charge in [-0.2, -0.15) is 0 Å². The van der Waals surface area contributed by atoms with Gasteiger partial charge in [0.25, 0.3) is 5.91 Å². The van der Waals surface area contributed by atoms with Crippen molar-refractivity contribution in [2.45, 2.75) is 19.0 Å². The number of amides is 3. The van der Waals surface area contributed by atoms with Crippen LogP contribution in [-0.4, -0.2) is 52.2 Å². The standard InChI is InChI=1S/C28H22FN5O5S/c29-18-6-2-4-8-20(18)31-25(36)14-40-28-33-19-7-3-1-5-17(19)26-32-21(27(37)34(26)28)12-24(35)30-13-16-9-10-22-23(11-16)39-15-38-22/h1-11,21H,12-15H2,(H,30,35)(H,31,36). The molecule has 0 aromatic heterocycles. The van der Waals surface area contributed by atoms with Gasteiger partial charge in [0.05, 0.1) is 23.5 Å². The summed E-state index contributed by atoms with van der Waals surface area (Å²) < 4.78 is 24.6. The highest BCUT2D eigenvalue weighted by Gasteiger charge is 2.42. The first kappa shape index (κ1) is 25.6. The Morgan fingerprint density at radius 1 is 1.02 bits per heavy atom. The van der Waals surface area contributed by atoms with E-state index in [9.17, 15) is 18.8 Å². The molecular formula is C28H22FN5O5S. The van der Waals surface area contributed by atoms with Gasteiger partial charge >= 0.3 is 0 Å². The van der Waals surface area contributed by atoms with Gasteiger partial charge in [0.1, 0.15) is 17.7 Å². The molecule has 3 aliphatic rings. The van der Waals surface area contributed by atoms with Gasteiger partial charge in [-0.1, -0.05) is 42.1 Å². The van der Waals surface area contributed by atoms with Gasteiger partial charge in [-0.3, -0.25) is 19.4 Å². The van der Waals surface area contributed by atoms with Gasteiger partial charge in [-0.25, -0.2) is 14.3 Å². The number of nitrogens with zero attached hydrogens (tertiary/aromatic N) is 3. The van der Waals surface area contributed by atoms with Crippen molar-refractivity contribution in [3.63, 3.8) is 0 Å². The number of fused-ring (bicyclic) bond motifs is 4. The van der Waals surface area contributed by atoms with Crippen LogP contribution in [0.2, 0.25) is 0 Å². The number of carbonyl (C=O) groups is 3. The van der Waals surface area contributed by atoms with Crippen LogP contribution in [-0.2, 0) is 20.9 Å². The first-order chi connectivity index (χ1) is 19.5. The van der Waals surface area contributed by atoms with Crippen LogP contribution in [0.25, 0.3) is 0 Å². The smallest absolute Gasteiger partial charge is 0.259 e. The summed E-state index contributed by atoms with van der Waals surface area (Å²) in [6.45, 7) is 0.411. The van der Waals surface area contributed by atoms with E-state index in [1.807, 2.05) is 18.2 Å². The molecule has 0 aliphatic carbocycles. The van der Waals surface area contributed by atoms with Gasteiger partial charge in [-0.15, -0.1) is 0 Å². The van der Waals surface area contributed by atoms with E-state index in [1.54, 1.807) is 30.3 Å². The molecule has 0 saturated carbocycles. The van der Waals surface area contributed by atoms with Crippen LogP contribution in [0.3, 0.4) is 0 Å². The highest BCUT2D eigenvalue weighted by atomic mass is 32.2. The minimum absolute atomic E-state index is 0.0651. The van der Waals surface area contributed by atoms with Gasteiger partial charge in [0, 0.05) is 12.1 Å². The van der Waals surface area contributed by atoms with Crippen molar-refractivity contribution in [3.05, 3.63) is 83.7 Å². The molecule has 10 nitrogen and oxygen atoms in total. The second kappa shape index (κ2) is 10.8. The molecule has 0 saturated heterocycles. The van der Waals surface area contributed by atoms with Gasteiger partial charge in [0.15, 0.2) is 16.7 Å². The molecule has 0 radical (unpaired) electrons. The molecule has 3 aromatic carbocycles. The van der Waals surface area contributed by atoms with E-state index >= 15 is 0 Å². The van der Waals surface area contributed by atoms with Gasteiger partial charge < -0.3 is 20.1 Å². The van der Waals surface area contributed by atoms with Crippen LogP contribution in [0, 0.1) is 5.82 Å². The van der Waals surface area contributed by atoms with E-state index in [2.05, 4.69) is 20.6 Å². The average molecular weight is 560 g/mol. The van der Waals surface area contributed by atoms with Crippen molar-refractivity contribution >= 4 is 51.9 Å². The molecule has 202 valence electrons. The number of halogens is 1. The monoisotopic (exact) mass is 559 g/mol. The van der Waals surface area contributed by atoms with Crippen LogP contribution in [0.4, 0.5) is 15.8 Å². The number of ether oxygens (including phenoxy) is 2. The average Bonchev–Trinajstić information content (AvgIpc) is 3.56. The van der Waals surface area contributed by atoms with Gasteiger partial charge in [0.2, 0.25) is 18.6 Å². The Balaban J connectivity index is 1.13. The first-order valence-corrected chi connectivity index (χ1v) is 13.4. The second-order valence-corrected chi connectivity index (χ2v) is 9.98. The lowest BCUT2D eigenvalue weighted by molar-refractivity contribution is -0.128. The van der Waals surface area contributed by atoms with E-state index in [4.69, 9.17) is 9.47 Å². The lowest BCUT2D eigenvalue weighted by Gasteiger charge is -2.25. The van der Waals surface area contributed by atoms with Crippen molar-refractivity contribution < 1.29 is 28.2 Å². The molecule has 0 fully saturated rings. The number of amidine groups is 2. The molecular weight excluding hydrogens is 537 g/mol. The summed E-state index contributed by atoms with van der Waals surface area (Å²) in [5, 5.41) is 5.61. The quantitative estimate of drug-likeness (QED) is 0.456. The largest absolute Gasteiger partial charge is 0.454 e. The SMILES string of the molecule is O=C(CC1N=C2c3ccccc3N=C(SCC(=O)Nc3ccccc3F)N2C1=O)NCc1ccc2c(c1)OCO2. The van der Waals surface area contributed by atoms with Crippen LogP contribution in [0.1, 0.15) is 17.5 Å². The number of para-hydroxylation sites is 2. The first-order valence-electron chi connectivity index (χ1n) is 12.4. The summed E-state index contributed by atoms with van der Waals surface area (Å²) in [7, 11) is 0. The Morgan fingerprint density at radius 3 is 2.70 bits per heavy atom. The molecule has 3 heterocycles. The van der Waals surface area contributed by atoms with Crippen molar-refractivity contribution in [2.24, 2.45) is 9.98 Å². The fraction of sp³-hybridized carbons (Fsp3) is 0.179. The summed E-state index contributed by atoms with van der Waals surface area (Å²) in [5.41, 5.74) is 2.14. The number of hydrogen-bond donors (Lipinski definition) is 2. The lowest BCUT2D eigenvalue weighted by atomic mass is 10.1. The fourth-order valence-electron chi connectivity index (χ4n) is 4.41. The normalized spacial score (nSPS) is 16.6. The molecule has 1 atom stereocenters. The number of anilines is 1. The predicted molar refractivity (Wildman–Crippen MR) is 147 cm³/mol. The maximum absolute atomic E-state index is 13.9. The topological polar surface area (TPSA) is 122 Å². The Labute approximate surface area is 232 Å². The van der Waals surface area contributed by atoms with Crippen LogP contribution in [0.5, 0.6) is 11.5 Å². The number of rotatable bonds is 7. The molecule has 3 aliphatic heterocycles. The number of aliphatic imine (C=N–C) groups is 2. The van der Waals surface area contributed by atoms with E-state index < -0.39 is 23.7 Å². The molecule has 12 heteroatoms. The Kier molecular flexibility index (Phi) is 6.91. The minimum Gasteiger partial charge on any atom is -0.454 e. The number of nitrogens with one attached hydrogen (secondary N) is 2. The second-order valence-electron chi connectivity index (χ2n) is 9.04. The van der Waals surface area contributed by atoms with Crippen molar-refractivity contribution in [3.8, 4) is 11.5 Å². The molecule has 0 bridgehead atoms. The zero-order chi connectivity index (χ0) is 27.6. The zero-order valence-electron chi connectivity index (χ0n) is 20.9. The third kappa shape index (κ3) is 5.13. The van der Waals surface area contributed by atoms with Crippen LogP contribution < -0.4 is 20.1 Å². The van der Waals surface area contributed by atoms with Crippen LogP contribution in [0.15, 0.2) is 76.7 Å². The molecule has 1 unspecified atom stereocenters. The Morgan fingerprint density at radius 2 is 1.82 bits per heavy atom. The molecule has 2 N–H and O–H groups in total. The summed E-state index contributed by atoms with van der Waals surface area (Å²) in [6, 6.07) is 17.5. The molecule has 3 aromatic rings. The van der Waals surface area contributed by atoms with Gasteiger partial charge in [-0.05, 0) is 42.0 Å². The Bertz CT molecular complexity index is 1590. The summed E-state index contributed by atoms with van der Waals surface area (Å²) >= 11 is 1.03. The van der Waals surface area contributed by atoms with Crippen molar-refractivity contribution in [2.75, 3.05) is 17.9 Å². The maximum Gasteiger partial charge on any atom is 0.259 e. The maximum atomic E-state index is 13.9. The molecule has 3 amide bonds. The predicted octanol–water partition coefficient (Wildman–Crippen LogP) is 3.59. The summed E-state index contributed by atoms with van der Waals surface area (Å²) in [6.07, 6.45) is -0.155. The van der Waals surface area contributed by atoms with Crippen molar-refractivity contribution in [1.29, 1.82) is 0 Å².